The minimum Gasteiger partial charge on any atom is -0.494 e. The fraction of sp³-hybridized carbons (Fsp3) is 0.594. The molecule has 0 saturated heterocycles. The van der Waals surface area contributed by atoms with Crippen molar-refractivity contribution >= 4 is 5.97 Å². The molecule has 0 amide bonds. The average Bonchev–Trinajstić information content (AvgIpc) is 2.89. The Morgan fingerprint density at radius 2 is 1.08 bits per heavy atom. The molecular weight excluding hydrogens is 451 g/mol. The fourth-order valence-electron chi connectivity index (χ4n) is 4.21. The number of alkyl halides is 1. The number of halogens is 1. The maximum atomic E-state index is 13.8. The van der Waals surface area contributed by atoms with Gasteiger partial charge in [0.15, 0.2) is 6.17 Å². The molecule has 0 heterocycles. The van der Waals surface area contributed by atoms with E-state index in [2.05, 4.69) is 6.92 Å². The fourth-order valence-corrected chi connectivity index (χ4v) is 4.21. The van der Waals surface area contributed by atoms with E-state index in [9.17, 15) is 9.18 Å². The zero-order valence-corrected chi connectivity index (χ0v) is 22.8. The maximum Gasteiger partial charge on any atom is 0.346 e. The highest BCUT2D eigenvalue weighted by Gasteiger charge is 2.23. The van der Waals surface area contributed by atoms with Gasteiger partial charge in [-0.1, -0.05) is 122 Å². The number of carbonyl (C=O) groups is 1. The van der Waals surface area contributed by atoms with Crippen molar-refractivity contribution in [3.63, 3.8) is 0 Å². The van der Waals surface area contributed by atoms with Crippen LogP contribution in [0.15, 0.2) is 48.5 Å². The SMILES string of the molecule is CCCCCCCCCCCCCCCOc1ccc(-c2ccc(OC(=O)C(F)C(C)C)cc2)cc1. The third-order valence-electron chi connectivity index (χ3n) is 6.59. The molecule has 0 radical (unpaired) electrons. The van der Waals surface area contributed by atoms with Crippen LogP contribution in [0.5, 0.6) is 11.5 Å². The summed E-state index contributed by atoms with van der Waals surface area (Å²) in [7, 11) is 0. The van der Waals surface area contributed by atoms with Gasteiger partial charge in [-0.25, -0.2) is 9.18 Å². The first-order valence-corrected chi connectivity index (χ1v) is 14.2. The molecule has 2 aromatic carbocycles. The summed E-state index contributed by atoms with van der Waals surface area (Å²) in [5.74, 6) is -0.0134. The highest BCUT2D eigenvalue weighted by molar-refractivity contribution is 5.77. The number of esters is 1. The van der Waals surface area contributed by atoms with Gasteiger partial charge < -0.3 is 9.47 Å². The van der Waals surface area contributed by atoms with Crippen LogP contribution in [0.25, 0.3) is 11.1 Å². The Labute approximate surface area is 218 Å². The molecule has 0 aliphatic rings. The number of carbonyl (C=O) groups excluding carboxylic acids is 1. The Kier molecular flexibility index (Phi) is 14.9. The molecule has 36 heavy (non-hydrogen) atoms. The van der Waals surface area contributed by atoms with Gasteiger partial charge in [0.1, 0.15) is 11.5 Å². The molecule has 0 aromatic heterocycles. The molecule has 1 unspecified atom stereocenters. The van der Waals surface area contributed by atoms with Gasteiger partial charge in [-0.2, -0.15) is 0 Å². The lowest BCUT2D eigenvalue weighted by Gasteiger charge is -2.11. The Morgan fingerprint density at radius 3 is 1.53 bits per heavy atom. The zero-order valence-electron chi connectivity index (χ0n) is 22.8. The van der Waals surface area contributed by atoms with Gasteiger partial charge in [0.05, 0.1) is 6.61 Å². The van der Waals surface area contributed by atoms with Gasteiger partial charge in [0.25, 0.3) is 0 Å². The molecule has 3 nitrogen and oxygen atoms in total. The van der Waals surface area contributed by atoms with Crippen LogP contribution >= 0.6 is 0 Å². The highest BCUT2D eigenvalue weighted by Crippen LogP contribution is 2.25. The third kappa shape index (κ3) is 12.1. The second kappa shape index (κ2) is 18.0. The maximum absolute atomic E-state index is 13.8. The lowest BCUT2D eigenvalue weighted by atomic mass is 10.0. The van der Waals surface area contributed by atoms with E-state index in [1.165, 1.54) is 77.0 Å². The van der Waals surface area contributed by atoms with Crippen LogP contribution in [0.3, 0.4) is 0 Å². The van der Waals surface area contributed by atoms with E-state index in [1.54, 1.807) is 26.0 Å². The minimum absolute atomic E-state index is 0.352. The first-order valence-electron chi connectivity index (χ1n) is 14.2. The summed E-state index contributed by atoms with van der Waals surface area (Å²) in [6.45, 7) is 6.34. The third-order valence-corrected chi connectivity index (χ3v) is 6.59. The van der Waals surface area contributed by atoms with Gasteiger partial charge in [-0.05, 0) is 47.7 Å². The smallest absolute Gasteiger partial charge is 0.346 e. The van der Waals surface area contributed by atoms with E-state index in [1.807, 2.05) is 36.4 Å². The molecule has 200 valence electrons. The Balaban J connectivity index is 1.56. The zero-order chi connectivity index (χ0) is 26.0. The summed E-state index contributed by atoms with van der Waals surface area (Å²) in [6.07, 6.45) is 15.9. The van der Waals surface area contributed by atoms with Crippen molar-refractivity contribution in [1.29, 1.82) is 0 Å². The van der Waals surface area contributed by atoms with Gasteiger partial charge in [0, 0.05) is 0 Å². The van der Waals surface area contributed by atoms with E-state index in [4.69, 9.17) is 9.47 Å². The van der Waals surface area contributed by atoms with Crippen molar-refractivity contribution in [3.8, 4) is 22.6 Å². The van der Waals surface area contributed by atoms with Gasteiger partial charge in [0.2, 0.25) is 0 Å². The number of benzene rings is 2. The molecule has 0 bridgehead atoms. The summed E-state index contributed by atoms with van der Waals surface area (Å²) in [5.41, 5.74) is 2.05. The number of unbranched alkanes of at least 4 members (excludes halogenated alkanes) is 12. The number of hydrogen-bond acceptors (Lipinski definition) is 3. The predicted molar refractivity (Wildman–Crippen MR) is 148 cm³/mol. The molecule has 0 aliphatic heterocycles. The van der Waals surface area contributed by atoms with Crippen LogP contribution in [0.2, 0.25) is 0 Å². The molecule has 0 aliphatic carbocycles. The monoisotopic (exact) mass is 498 g/mol. The molecule has 2 rings (SSSR count). The van der Waals surface area contributed by atoms with Crippen molar-refractivity contribution in [2.75, 3.05) is 6.61 Å². The van der Waals surface area contributed by atoms with Crippen molar-refractivity contribution in [3.05, 3.63) is 48.5 Å². The predicted octanol–water partition coefficient (Wildman–Crippen LogP) is 9.72. The largest absolute Gasteiger partial charge is 0.494 e. The summed E-state index contributed by atoms with van der Waals surface area (Å²) >= 11 is 0. The number of rotatable bonds is 19. The van der Waals surface area contributed by atoms with E-state index in [0.29, 0.717) is 5.75 Å². The Bertz CT molecular complexity index is 829. The number of ether oxygens (including phenoxy) is 2. The lowest BCUT2D eigenvalue weighted by Crippen LogP contribution is -2.26. The van der Waals surface area contributed by atoms with Crippen LogP contribution in [0.4, 0.5) is 4.39 Å². The van der Waals surface area contributed by atoms with E-state index in [-0.39, 0.29) is 0 Å². The second-order valence-electron chi connectivity index (χ2n) is 10.2. The van der Waals surface area contributed by atoms with Crippen molar-refractivity contribution < 1.29 is 18.7 Å². The lowest BCUT2D eigenvalue weighted by molar-refractivity contribution is -0.141. The molecule has 0 spiro atoms. The minimum atomic E-state index is -1.61. The quantitative estimate of drug-likeness (QED) is 0.110. The van der Waals surface area contributed by atoms with Crippen LogP contribution in [-0.4, -0.2) is 18.7 Å². The molecule has 4 heteroatoms. The van der Waals surface area contributed by atoms with Crippen LogP contribution < -0.4 is 9.47 Å². The Hall–Kier alpha value is -2.36. The van der Waals surface area contributed by atoms with E-state index < -0.39 is 18.1 Å². The number of hydrogen-bond donors (Lipinski definition) is 0. The van der Waals surface area contributed by atoms with Crippen LogP contribution in [0, 0.1) is 5.92 Å². The van der Waals surface area contributed by atoms with Crippen LogP contribution in [0.1, 0.15) is 104 Å². The first-order chi connectivity index (χ1) is 17.5. The summed E-state index contributed by atoms with van der Waals surface area (Å²) in [6, 6.07) is 15.2. The molecule has 0 saturated carbocycles. The van der Waals surface area contributed by atoms with Crippen molar-refractivity contribution in [2.24, 2.45) is 5.92 Å². The van der Waals surface area contributed by atoms with Crippen molar-refractivity contribution in [2.45, 2.75) is 110 Å². The normalized spacial score (nSPS) is 12.0. The molecular formula is C32H47FO3. The standard InChI is InChI=1S/C32H47FO3/c1-4-5-6-7-8-9-10-11-12-13-14-15-16-25-35-29-21-17-27(18-22-29)28-19-23-30(24-20-28)36-32(34)31(33)26(2)3/h17-24,26,31H,4-16,25H2,1-3H3. The second-order valence-corrected chi connectivity index (χ2v) is 10.2. The molecule has 1 atom stereocenters. The summed E-state index contributed by atoms with van der Waals surface area (Å²) in [5, 5.41) is 0. The van der Waals surface area contributed by atoms with Crippen LogP contribution in [-0.2, 0) is 4.79 Å². The average molecular weight is 499 g/mol. The molecule has 2 aromatic rings. The van der Waals surface area contributed by atoms with Gasteiger partial charge in [-0.15, -0.1) is 0 Å². The molecule has 0 fully saturated rings. The summed E-state index contributed by atoms with van der Waals surface area (Å²) < 4.78 is 24.8. The Morgan fingerprint density at radius 1 is 0.667 bits per heavy atom. The topological polar surface area (TPSA) is 35.5 Å². The highest BCUT2D eigenvalue weighted by atomic mass is 19.1. The van der Waals surface area contributed by atoms with Gasteiger partial charge >= 0.3 is 5.97 Å². The van der Waals surface area contributed by atoms with Crippen molar-refractivity contribution in [1.82, 2.24) is 0 Å². The van der Waals surface area contributed by atoms with E-state index in [0.717, 1.165) is 29.9 Å². The van der Waals surface area contributed by atoms with E-state index >= 15 is 0 Å². The van der Waals surface area contributed by atoms with Gasteiger partial charge in [-0.3, -0.25) is 0 Å². The molecule has 0 N–H and O–H groups in total. The summed E-state index contributed by atoms with van der Waals surface area (Å²) in [4.78, 5) is 11.8. The first kappa shape index (κ1) is 29.9.